The maximum Gasteiger partial charge on any atom is 0.341 e. The van der Waals surface area contributed by atoms with Crippen molar-refractivity contribution in [3.8, 4) is 0 Å². The smallest absolute Gasteiger partial charge is 0.341 e. The maximum absolute atomic E-state index is 12.4. The molecule has 132 valence electrons. The quantitative estimate of drug-likeness (QED) is 0.801. The highest BCUT2D eigenvalue weighted by atomic mass is 32.1. The lowest BCUT2D eigenvalue weighted by molar-refractivity contribution is -0.117. The molecule has 0 spiro atoms. The third-order valence-corrected chi connectivity index (χ3v) is 6.04. The Labute approximate surface area is 147 Å². The van der Waals surface area contributed by atoms with Crippen LogP contribution < -0.4 is 10.6 Å². The number of hydrogen-bond donors (Lipinski definition) is 2. The molecule has 0 bridgehead atoms. The fraction of sp³-hybridized carbons (Fsp3) is 0.667. The lowest BCUT2D eigenvalue weighted by Gasteiger charge is -2.21. The van der Waals surface area contributed by atoms with Gasteiger partial charge in [-0.25, -0.2) is 4.79 Å². The fourth-order valence-electron chi connectivity index (χ4n) is 3.60. The molecule has 24 heavy (non-hydrogen) atoms. The molecule has 0 aromatic carbocycles. The molecule has 0 saturated carbocycles. The Morgan fingerprint density at radius 3 is 2.75 bits per heavy atom. The zero-order valence-electron chi connectivity index (χ0n) is 14.3. The van der Waals surface area contributed by atoms with Crippen molar-refractivity contribution in [3.05, 3.63) is 16.0 Å². The number of carbonyl (C=O) groups excluding carboxylic acids is 2. The third-order valence-electron chi connectivity index (χ3n) is 4.84. The van der Waals surface area contributed by atoms with E-state index in [1.807, 2.05) is 6.92 Å². The highest BCUT2D eigenvalue weighted by Crippen LogP contribution is 2.38. The predicted octanol–water partition coefficient (Wildman–Crippen LogP) is 3.13. The molecular weight excluding hydrogens is 324 g/mol. The zero-order chi connectivity index (χ0) is 16.9. The largest absolute Gasteiger partial charge is 0.462 e. The SMILES string of the molecule is CCOC(=O)c1c(NC(=O)CC2CCNCC2)sc2c1CCCC2. The molecule has 6 heteroatoms. The molecule has 1 aromatic heterocycles. The van der Waals surface area contributed by atoms with Crippen LogP contribution in [0.5, 0.6) is 0 Å². The monoisotopic (exact) mass is 350 g/mol. The molecule has 1 aliphatic heterocycles. The molecular formula is C18H26N2O3S. The second-order valence-corrected chi connectivity index (χ2v) is 7.69. The number of hydrogen-bond acceptors (Lipinski definition) is 5. The topological polar surface area (TPSA) is 67.4 Å². The van der Waals surface area contributed by atoms with Crippen LogP contribution in [0.2, 0.25) is 0 Å². The number of esters is 1. The van der Waals surface area contributed by atoms with Crippen LogP contribution >= 0.6 is 11.3 Å². The number of thiophene rings is 1. The van der Waals surface area contributed by atoms with Crippen molar-refractivity contribution in [1.82, 2.24) is 5.32 Å². The van der Waals surface area contributed by atoms with Gasteiger partial charge in [-0.3, -0.25) is 4.79 Å². The van der Waals surface area contributed by atoms with Gasteiger partial charge in [0.1, 0.15) is 5.00 Å². The maximum atomic E-state index is 12.4. The second kappa shape index (κ2) is 8.12. The molecule has 2 N–H and O–H groups in total. The molecule has 0 radical (unpaired) electrons. The van der Waals surface area contributed by atoms with Gasteiger partial charge in [-0.1, -0.05) is 0 Å². The van der Waals surface area contributed by atoms with Gasteiger partial charge in [-0.2, -0.15) is 0 Å². The number of nitrogens with one attached hydrogen (secondary N) is 2. The summed E-state index contributed by atoms with van der Waals surface area (Å²) in [5, 5.41) is 7.02. The Hall–Kier alpha value is -1.40. The molecule has 1 aliphatic carbocycles. The Kier molecular flexibility index (Phi) is 5.89. The number of amides is 1. The van der Waals surface area contributed by atoms with Gasteiger partial charge in [-0.05, 0) is 70.0 Å². The number of carbonyl (C=O) groups is 2. The highest BCUT2D eigenvalue weighted by Gasteiger charge is 2.27. The average Bonchev–Trinajstić information content (AvgIpc) is 2.93. The molecule has 5 nitrogen and oxygen atoms in total. The number of aryl methyl sites for hydroxylation is 1. The standard InChI is InChI=1S/C18H26N2O3S/c1-2-23-18(22)16-13-5-3-4-6-14(13)24-17(16)20-15(21)11-12-7-9-19-10-8-12/h12,19H,2-11H2,1H3,(H,20,21). The van der Waals surface area contributed by atoms with Crippen LogP contribution in [0.1, 0.15) is 59.8 Å². The summed E-state index contributed by atoms with van der Waals surface area (Å²) >= 11 is 1.56. The normalized spacial score (nSPS) is 18.0. The van der Waals surface area contributed by atoms with Gasteiger partial charge in [0.05, 0.1) is 12.2 Å². The molecule has 0 atom stereocenters. The van der Waals surface area contributed by atoms with E-state index in [0.717, 1.165) is 57.2 Å². The van der Waals surface area contributed by atoms with Crippen LogP contribution in [-0.4, -0.2) is 31.6 Å². The summed E-state index contributed by atoms with van der Waals surface area (Å²) in [5.74, 6) is 0.159. The minimum absolute atomic E-state index is 0.0195. The summed E-state index contributed by atoms with van der Waals surface area (Å²) in [6, 6.07) is 0. The first kappa shape index (κ1) is 17.4. The van der Waals surface area contributed by atoms with Crippen LogP contribution in [0, 0.1) is 5.92 Å². The van der Waals surface area contributed by atoms with E-state index in [1.54, 1.807) is 11.3 Å². The van der Waals surface area contributed by atoms with Gasteiger partial charge < -0.3 is 15.4 Å². The molecule has 3 rings (SSSR count). The van der Waals surface area contributed by atoms with Crippen molar-refractivity contribution in [2.24, 2.45) is 5.92 Å². The summed E-state index contributed by atoms with van der Waals surface area (Å²) < 4.78 is 5.23. The third kappa shape index (κ3) is 3.98. The molecule has 2 aliphatic rings. The Morgan fingerprint density at radius 1 is 1.25 bits per heavy atom. The van der Waals surface area contributed by atoms with Gasteiger partial charge >= 0.3 is 5.97 Å². The van der Waals surface area contributed by atoms with E-state index in [1.165, 1.54) is 4.88 Å². The van der Waals surface area contributed by atoms with Crippen LogP contribution in [0.4, 0.5) is 5.00 Å². The summed E-state index contributed by atoms with van der Waals surface area (Å²) in [6.07, 6.45) is 6.77. The zero-order valence-corrected chi connectivity index (χ0v) is 15.1. The highest BCUT2D eigenvalue weighted by molar-refractivity contribution is 7.17. The van der Waals surface area contributed by atoms with Gasteiger partial charge in [0.25, 0.3) is 0 Å². The first-order valence-corrected chi connectivity index (χ1v) is 9.83. The Morgan fingerprint density at radius 2 is 2.00 bits per heavy atom. The molecule has 1 saturated heterocycles. The molecule has 1 amide bonds. The second-order valence-electron chi connectivity index (χ2n) is 6.58. The van der Waals surface area contributed by atoms with Crippen LogP contribution in [0.3, 0.4) is 0 Å². The van der Waals surface area contributed by atoms with Crippen molar-refractivity contribution in [2.45, 2.75) is 51.9 Å². The van der Waals surface area contributed by atoms with Crippen LogP contribution in [0.15, 0.2) is 0 Å². The van der Waals surface area contributed by atoms with Crippen molar-refractivity contribution >= 4 is 28.2 Å². The van der Waals surface area contributed by atoms with E-state index in [9.17, 15) is 9.59 Å². The van der Waals surface area contributed by atoms with Crippen molar-refractivity contribution in [3.63, 3.8) is 0 Å². The lowest BCUT2D eigenvalue weighted by atomic mass is 9.94. The van der Waals surface area contributed by atoms with E-state index in [-0.39, 0.29) is 11.9 Å². The van der Waals surface area contributed by atoms with Crippen molar-refractivity contribution in [1.29, 1.82) is 0 Å². The van der Waals surface area contributed by atoms with Gasteiger partial charge in [0, 0.05) is 11.3 Å². The summed E-state index contributed by atoms with van der Waals surface area (Å²) in [5.41, 5.74) is 1.71. The molecule has 1 fully saturated rings. The minimum atomic E-state index is -0.297. The minimum Gasteiger partial charge on any atom is -0.462 e. The summed E-state index contributed by atoms with van der Waals surface area (Å²) in [7, 11) is 0. The van der Waals surface area contributed by atoms with Crippen LogP contribution in [0.25, 0.3) is 0 Å². The fourth-order valence-corrected chi connectivity index (χ4v) is 4.89. The lowest BCUT2D eigenvalue weighted by Crippen LogP contribution is -2.30. The van der Waals surface area contributed by atoms with E-state index >= 15 is 0 Å². The summed E-state index contributed by atoms with van der Waals surface area (Å²) in [4.78, 5) is 26.1. The van der Waals surface area contributed by atoms with E-state index in [0.29, 0.717) is 29.5 Å². The molecule has 1 aromatic rings. The van der Waals surface area contributed by atoms with Crippen LogP contribution in [-0.2, 0) is 22.4 Å². The van der Waals surface area contributed by atoms with Crippen molar-refractivity contribution in [2.75, 3.05) is 25.0 Å². The number of anilines is 1. The number of piperidine rings is 1. The molecule has 2 heterocycles. The Balaban J connectivity index is 1.75. The number of fused-ring (bicyclic) bond motifs is 1. The number of ether oxygens (including phenoxy) is 1. The van der Waals surface area contributed by atoms with Gasteiger partial charge in [-0.15, -0.1) is 11.3 Å². The average molecular weight is 350 g/mol. The first-order valence-electron chi connectivity index (χ1n) is 9.01. The first-order chi connectivity index (χ1) is 11.7. The van der Waals surface area contributed by atoms with E-state index in [2.05, 4.69) is 10.6 Å². The van der Waals surface area contributed by atoms with E-state index in [4.69, 9.17) is 4.74 Å². The predicted molar refractivity (Wildman–Crippen MR) is 95.8 cm³/mol. The van der Waals surface area contributed by atoms with Gasteiger partial charge in [0.2, 0.25) is 5.91 Å². The van der Waals surface area contributed by atoms with Crippen molar-refractivity contribution < 1.29 is 14.3 Å². The summed E-state index contributed by atoms with van der Waals surface area (Å²) in [6.45, 7) is 4.14. The van der Waals surface area contributed by atoms with Gasteiger partial charge in [0.15, 0.2) is 0 Å². The van der Waals surface area contributed by atoms with E-state index < -0.39 is 0 Å². The molecule has 0 unspecified atom stereocenters. The Bertz CT molecular complexity index is 606. The number of rotatable bonds is 5.